The first-order valence-corrected chi connectivity index (χ1v) is 12.4. The minimum atomic E-state index is -0.983. The highest BCUT2D eigenvalue weighted by Crippen LogP contribution is 2.37. The SMILES string of the molecule is CC(C)(CNC(c1ccccc1)(c1ccccc1)c1ccccc1)N(OC(=O)C=O)c1ccc(Cl)cc1. The fraction of sp³-hybridized carbons (Fsp3) is 0.161. The van der Waals surface area contributed by atoms with Gasteiger partial charge in [-0.2, -0.15) is 5.06 Å². The number of hydrogen-bond donors (Lipinski definition) is 1. The average molecular weight is 513 g/mol. The number of nitrogens with zero attached hydrogens (tertiary/aromatic N) is 1. The molecule has 0 radical (unpaired) electrons. The molecule has 1 N–H and O–H groups in total. The van der Waals surface area contributed by atoms with Crippen LogP contribution in [0.1, 0.15) is 30.5 Å². The van der Waals surface area contributed by atoms with Gasteiger partial charge in [-0.15, -0.1) is 0 Å². The van der Waals surface area contributed by atoms with Crippen molar-refractivity contribution in [2.45, 2.75) is 24.9 Å². The largest absolute Gasteiger partial charge is 0.395 e. The molecule has 0 unspecified atom stereocenters. The van der Waals surface area contributed by atoms with Crippen LogP contribution in [0.15, 0.2) is 115 Å². The number of benzene rings is 4. The minimum absolute atomic E-state index is 0.161. The Kier molecular flexibility index (Phi) is 8.07. The molecule has 0 fully saturated rings. The molecule has 0 heterocycles. The van der Waals surface area contributed by atoms with Gasteiger partial charge in [-0.25, -0.2) is 4.79 Å². The molecule has 0 bridgehead atoms. The number of hydroxylamine groups is 1. The molecule has 0 aliphatic heterocycles. The van der Waals surface area contributed by atoms with Gasteiger partial charge < -0.3 is 4.84 Å². The van der Waals surface area contributed by atoms with Crippen molar-refractivity contribution in [3.05, 3.63) is 137 Å². The number of carbonyl (C=O) groups excluding carboxylic acids is 2. The number of carbonyl (C=O) groups is 2. The average Bonchev–Trinajstić information content (AvgIpc) is 2.94. The summed E-state index contributed by atoms with van der Waals surface area (Å²) >= 11 is 6.09. The van der Waals surface area contributed by atoms with Crippen molar-refractivity contribution < 1.29 is 14.4 Å². The van der Waals surface area contributed by atoms with E-state index in [1.807, 2.05) is 68.4 Å². The summed E-state index contributed by atoms with van der Waals surface area (Å²) in [5.74, 6) is -0.983. The van der Waals surface area contributed by atoms with Gasteiger partial charge in [0.05, 0.1) is 16.8 Å². The first-order chi connectivity index (χ1) is 17.9. The maximum absolute atomic E-state index is 12.1. The second-order valence-corrected chi connectivity index (χ2v) is 9.75. The van der Waals surface area contributed by atoms with E-state index in [-0.39, 0.29) is 6.29 Å². The number of anilines is 1. The zero-order valence-electron chi connectivity index (χ0n) is 20.8. The Balaban J connectivity index is 1.81. The third kappa shape index (κ3) is 5.74. The first kappa shape index (κ1) is 26.1. The van der Waals surface area contributed by atoms with Crippen LogP contribution in [0.4, 0.5) is 5.69 Å². The van der Waals surface area contributed by atoms with E-state index in [0.29, 0.717) is 17.3 Å². The van der Waals surface area contributed by atoms with E-state index in [9.17, 15) is 9.59 Å². The molecule has 0 aliphatic rings. The molecule has 0 atom stereocenters. The molecule has 0 amide bonds. The monoisotopic (exact) mass is 512 g/mol. The van der Waals surface area contributed by atoms with Gasteiger partial charge in [-0.1, -0.05) is 103 Å². The molecular weight excluding hydrogens is 484 g/mol. The Bertz CT molecular complexity index is 1210. The molecule has 188 valence electrons. The summed E-state index contributed by atoms with van der Waals surface area (Å²) < 4.78 is 0. The van der Waals surface area contributed by atoms with Gasteiger partial charge in [0.25, 0.3) is 0 Å². The molecule has 4 aromatic rings. The van der Waals surface area contributed by atoms with E-state index in [4.69, 9.17) is 16.4 Å². The van der Waals surface area contributed by atoms with E-state index in [2.05, 4.69) is 41.7 Å². The van der Waals surface area contributed by atoms with Crippen LogP contribution in [0.5, 0.6) is 0 Å². The maximum atomic E-state index is 12.1. The Morgan fingerprint density at radius 3 is 1.62 bits per heavy atom. The molecule has 0 spiro atoms. The third-order valence-corrected chi connectivity index (χ3v) is 6.55. The third-order valence-electron chi connectivity index (χ3n) is 6.29. The Morgan fingerprint density at radius 1 is 0.784 bits per heavy atom. The summed E-state index contributed by atoms with van der Waals surface area (Å²) in [6.45, 7) is 4.26. The zero-order chi connectivity index (χ0) is 26.3. The van der Waals surface area contributed by atoms with Crippen LogP contribution in [0.2, 0.25) is 5.02 Å². The van der Waals surface area contributed by atoms with E-state index in [1.54, 1.807) is 24.3 Å². The predicted octanol–water partition coefficient (Wildman–Crippen LogP) is 6.16. The van der Waals surface area contributed by atoms with Crippen molar-refractivity contribution in [1.82, 2.24) is 5.32 Å². The van der Waals surface area contributed by atoms with Gasteiger partial charge in [-0.05, 0) is 54.8 Å². The van der Waals surface area contributed by atoms with E-state index in [0.717, 1.165) is 16.7 Å². The van der Waals surface area contributed by atoms with Crippen molar-refractivity contribution >= 4 is 29.5 Å². The summed E-state index contributed by atoms with van der Waals surface area (Å²) in [5, 5.41) is 5.84. The van der Waals surface area contributed by atoms with Crippen molar-refractivity contribution in [3.8, 4) is 0 Å². The molecule has 4 rings (SSSR count). The lowest BCUT2D eigenvalue weighted by molar-refractivity contribution is -0.151. The van der Waals surface area contributed by atoms with Crippen LogP contribution in [0.3, 0.4) is 0 Å². The molecule has 37 heavy (non-hydrogen) atoms. The van der Waals surface area contributed by atoms with Crippen LogP contribution in [0, 0.1) is 0 Å². The van der Waals surface area contributed by atoms with Crippen LogP contribution in [-0.2, 0) is 20.0 Å². The molecular formula is C31H29ClN2O3. The highest BCUT2D eigenvalue weighted by atomic mass is 35.5. The maximum Gasteiger partial charge on any atom is 0.395 e. The van der Waals surface area contributed by atoms with Gasteiger partial charge in [0.1, 0.15) is 0 Å². The fourth-order valence-corrected chi connectivity index (χ4v) is 4.63. The quantitative estimate of drug-likeness (QED) is 0.119. The molecule has 5 nitrogen and oxygen atoms in total. The molecule has 6 heteroatoms. The van der Waals surface area contributed by atoms with Crippen molar-refractivity contribution in [2.24, 2.45) is 0 Å². The van der Waals surface area contributed by atoms with Gasteiger partial charge in [0.15, 0.2) is 0 Å². The molecule has 0 saturated heterocycles. The van der Waals surface area contributed by atoms with Gasteiger partial charge >= 0.3 is 5.97 Å². The van der Waals surface area contributed by atoms with Crippen molar-refractivity contribution in [1.29, 1.82) is 0 Å². The normalized spacial score (nSPS) is 11.5. The molecule has 0 saturated carbocycles. The van der Waals surface area contributed by atoms with Crippen LogP contribution in [0.25, 0.3) is 0 Å². The Hall–Kier alpha value is -3.93. The predicted molar refractivity (Wildman–Crippen MR) is 147 cm³/mol. The summed E-state index contributed by atoms with van der Waals surface area (Å²) in [6, 6.07) is 37.7. The fourth-order valence-electron chi connectivity index (χ4n) is 4.51. The second-order valence-electron chi connectivity index (χ2n) is 9.31. The first-order valence-electron chi connectivity index (χ1n) is 12.0. The van der Waals surface area contributed by atoms with Crippen molar-refractivity contribution in [3.63, 3.8) is 0 Å². The summed E-state index contributed by atoms with van der Waals surface area (Å²) in [6.07, 6.45) is 0.161. The second kappa shape index (κ2) is 11.4. The lowest BCUT2D eigenvalue weighted by atomic mass is 9.76. The molecule has 0 aromatic heterocycles. The lowest BCUT2D eigenvalue weighted by Gasteiger charge is -2.43. The van der Waals surface area contributed by atoms with Crippen LogP contribution in [-0.4, -0.2) is 24.3 Å². The number of aldehydes is 1. The van der Waals surface area contributed by atoms with Gasteiger partial charge in [0, 0.05) is 11.6 Å². The number of nitrogens with one attached hydrogen (secondary N) is 1. The smallest absolute Gasteiger partial charge is 0.332 e. The zero-order valence-corrected chi connectivity index (χ0v) is 21.6. The highest BCUT2D eigenvalue weighted by molar-refractivity contribution is 6.30. The summed E-state index contributed by atoms with van der Waals surface area (Å²) in [4.78, 5) is 28.8. The molecule has 0 aliphatic carbocycles. The molecule has 4 aromatic carbocycles. The van der Waals surface area contributed by atoms with E-state index < -0.39 is 17.0 Å². The Labute approximate surface area is 222 Å². The van der Waals surface area contributed by atoms with Crippen LogP contribution < -0.4 is 10.4 Å². The number of halogens is 1. The Morgan fingerprint density at radius 2 is 1.22 bits per heavy atom. The van der Waals surface area contributed by atoms with Crippen LogP contribution >= 0.6 is 11.6 Å². The minimum Gasteiger partial charge on any atom is -0.332 e. The lowest BCUT2D eigenvalue weighted by Crippen LogP contribution is -2.57. The number of rotatable bonds is 10. The summed E-state index contributed by atoms with van der Waals surface area (Å²) in [7, 11) is 0. The van der Waals surface area contributed by atoms with Crippen molar-refractivity contribution in [2.75, 3.05) is 11.6 Å². The highest BCUT2D eigenvalue weighted by Gasteiger charge is 2.39. The number of hydrogen-bond acceptors (Lipinski definition) is 5. The van der Waals surface area contributed by atoms with Gasteiger partial charge in [0.2, 0.25) is 6.29 Å². The van der Waals surface area contributed by atoms with Gasteiger partial charge in [-0.3, -0.25) is 10.1 Å². The standard InChI is InChI=1S/C31H29ClN2O3/c1-30(2,34(37-29(36)22-35)28-20-18-27(32)19-21-28)23-33-31(24-12-6-3-7-13-24,25-14-8-4-9-15-25)26-16-10-5-11-17-26/h3-22,33H,23H2,1-2H3. The van der Waals surface area contributed by atoms with E-state index in [1.165, 1.54) is 5.06 Å². The van der Waals surface area contributed by atoms with E-state index >= 15 is 0 Å². The topological polar surface area (TPSA) is 58.6 Å². The summed E-state index contributed by atoms with van der Waals surface area (Å²) in [5.41, 5.74) is 2.29.